The number of hydrogen-bond acceptors (Lipinski definition) is 5. The molecule has 23 heavy (non-hydrogen) atoms. The van der Waals surface area contributed by atoms with Crippen molar-refractivity contribution < 1.29 is 21.6 Å². The number of rotatable bonds is 6. The summed E-state index contributed by atoms with van der Waals surface area (Å²) in [7, 11) is -5.60. The first-order valence-electron chi connectivity index (χ1n) is 6.66. The molecule has 0 unspecified atom stereocenters. The van der Waals surface area contributed by atoms with Crippen LogP contribution < -0.4 is 9.46 Å². The molecule has 2 rings (SSSR count). The molecule has 0 aliphatic carbocycles. The van der Waals surface area contributed by atoms with E-state index >= 15 is 0 Å². The highest BCUT2D eigenvalue weighted by Crippen LogP contribution is 2.19. The van der Waals surface area contributed by atoms with Gasteiger partial charge in [-0.2, -0.15) is 0 Å². The van der Waals surface area contributed by atoms with Gasteiger partial charge in [0.05, 0.1) is 16.9 Å². The van der Waals surface area contributed by atoms with Gasteiger partial charge >= 0.3 is 0 Å². The molecular formula is C15H17NO5S2. The average molecular weight is 355 g/mol. The van der Waals surface area contributed by atoms with Gasteiger partial charge in [-0.15, -0.1) is 0 Å². The third-order valence-corrected chi connectivity index (χ3v) is 5.75. The van der Waals surface area contributed by atoms with E-state index in [4.69, 9.17) is 4.74 Å². The van der Waals surface area contributed by atoms with Gasteiger partial charge in [0.2, 0.25) is 10.0 Å². The molecule has 0 aliphatic heterocycles. The molecular weight excluding hydrogens is 338 g/mol. The maximum Gasteiger partial charge on any atom is 0.240 e. The summed E-state index contributed by atoms with van der Waals surface area (Å²) in [5.41, 5.74) is 0.700. The van der Waals surface area contributed by atoms with Crippen LogP contribution in [0.4, 0.5) is 0 Å². The second-order valence-corrected chi connectivity index (χ2v) is 8.66. The van der Waals surface area contributed by atoms with Crippen LogP contribution in [0, 0.1) is 0 Å². The first kappa shape index (κ1) is 17.5. The van der Waals surface area contributed by atoms with Crippen molar-refractivity contribution in [2.75, 3.05) is 13.4 Å². The lowest BCUT2D eigenvalue weighted by Crippen LogP contribution is -2.23. The SMILES string of the molecule is COc1ccccc1CNS(=O)(=O)c1ccc(S(C)(=O)=O)cc1. The van der Waals surface area contributed by atoms with E-state index in [0.717, 1.165) is 6.26 Å². The molecule has 0 amide bonds. The van der Waals surface area contributed by atoms with Crippen LogP contribution in [-0.2, 0) is 26.4 Å². The Labute approximate surface area is 136 Å². The van der Waals surface area contributed by atoms with Crippen molar-refractivity contribution in [2.24, 2.45) is 0 Å². The highest BCUT2D eigenvalue weighted by atomic mass is 32.2. The highest BCUT2D eigenvalue weighted by Gasteiger charge is 2.16. The lowest BCUT2D eigenvalue weighted by Gasteiger charge is -2.10. The van der Waals surface area contributed by atoms with Gasteiger partial charge in [-0.3, -0.25) is 0 Å². The Morgan fingerprint density at radius 2 is 1.48 bits per heavy atom. The molecule has 0 radical (unpaired) electrons. The Morgan fingerprint density at radius 1 is 0.913 bits per heavy atom. The number of benzene rings is 2. The van der Waals surface area contributed by atoms with Gasteiger partial charge in [0.1, 0.15) is 5.75 Å². The smallest absolute Gasteiger partial charge is 0.240 e. The molecule has 0 saturated heterocycles. The fourth-order valence-corrected chi connectivity index (χ4v) is 3.61. The average Bonchev–Trinajstić information content (AvgIpc) is 2.52. The molecule has 0 saturated carbocycles. The van der Waals surface area contributed by atoms with E-state index in [0.29, 0.717) is 11.3 Å². The zero-order valence-corrected chi connectivity index (χ0v) is 14.3. The Hall–Kier alpha value is -1.90. The quantitative estimate of drug-likeness (QED) is 0.850. The van der Waals surface area contributed by atoms with Crippen molar-refractivity contribution in [3.63, 3.8) is 0 Å². The fraction of sp³-hybridized carbons (Fsp3) is 0.200. The van der Waals surface area contributed by atoms with Crippen molar-refractivity contribution in [1.29, 1.82) is 0 Å². The number of para-hydroxylation sites is 1. The van der Waals surface area contributed by atoms with Crippen molar-refractivity contribution in [3.05, 3.63) is 54.1 Å². The fourth-order valence-electron chi connectivity index (χ4n) is 1.97. The zero-order valence-electron chi connectivity index (χ0n) is 12.7. The number of nitrogens with one attached hydrogen (secondary N) is 1. The third kappa shape index (κ3) is 4.31. The molecule has 2 aromatic carbocycles. The number of ether oxygens (including phenoxy) is 1. The highest BCUT2D eigenvalue weighted by molar-refractivity contribution is 7.90. The number of methoxy groups -OCH3 is 1. The summed E-state index contributed by atoms with van der Waals surface area (Å²) in [6.07, 6.45) is 1.07. The molecule has 1 N–H and O–H groups in total. The predicted molar refractivity (Wildman–Crippen MR) is 86.6 cm³/mol. The standard InChI is InChI=1S/C15H17NO5S2/c1-21-15-6-4-3-5-12(15)11-16-23(19,20)14-9-7-13(8-10-14)22(2,17)18/h3-10,16H,11H2,1-2H3. The van der Waals surface area contributed by atoms with E-state index in [1.54, 1.807) is 24.3 Å². The predicted octanol–water partition coefficient (Wildman–Crippen LogP) is 1.58. The molecule has 0 aliphatic rings. The molecule has 0 fully saturated rings. The van der Waals surface area contributed by atoms with Gasteiger partial charge in [0, 0.05) is 18.4 Å². The summed E-state index contributed by atoms with van der Waals surface area (Å²) in [6, 6.07) is 12.1. The van der Waals surface area contributed by atoms with E-state index in [1.165, 1.54) is 31.4 Å². The normalized spacial score (nSPS) is 12.1. The Kier molecular flexibility index (Phi) is 5.08. The van der Waals surface area contributed by atoms with Crippen LogP contribution in [0.25, 0.3) is 0 Å². The second kappa shape index (κ2) is 6.69. The van der Waals surface area contributed by atoms with E-state index < -0.39 is 19.9 Å². The van der Waals surface area contributed by atoms with Crippen LogP contribution in [0.2, 0.25) is 0 Å². The van der Waals surface area contributed by atoms with Gasteiger partial charge in [0.25, 0.3) is 0 Å². The molecule has 0 atom stereocenters. The molecule has 0 spiro atoms. The minimum absolute atomic E-state index is 0.000187. The summed E-state index contributed by atoms with van der Waals surface area (Å²) in [4.78, 5) is 0.0703. The second-order valence-electron chi connectivity index (χ2n) is 4.88. The van der Waals surface area contributed by atoms with Crippen molar-refractivity contribution in [1.82, 2.24) is 4.72 Å². The minimum Gasteiger partial charge on any atom is -0.496 e. The van der Waals surface area contributed by atoms with E-state index in [1.807, 2.05) is 0 Å². The Morgan fingerprint density at radius 3 is 2.04 bits per heavy atom. The molecule has 6 nitrogen and oxygen atoms in total. The van der Waals surface area contributed by atoms with Crippen LogP contribution >= 0.6 is 0 Å². The number of sulfone groups is 1. The third-order valence-electron chi connectivity index (χ3n) is 3.21. The van der Waals surface area contributed by atoms with E-state index in [9.17, 15) is 16.8 Å². The van der Waals surface area contributed by atoms with E-state index in [2.05, 4.69) is 4.72 Å². The Balaban J connectivity index is 2.19. The zero-order chi connectivity index (χ0) is 17.1. The van der Waals surface area contributed by atoms with E-state index in [-0.39, 0.29) is 16.3 Å². The van der Waals surface area contributed by atoms with Crippen LogP contribution in [-0.4, -0.2) is 30.2 Å². The number of hydrogen-bond donors (Lipinski definition) is 1. The van der Waals surface area contributed by atoms with Crippen LogP contribution in [0.15, 0.2) is 58.3 Å². The largest absolute Gasteiger partial charge is 0.496 e. The topological polar surface area (TPSA) is 89.5 Å². The van der Waals surface area contributed by atoms with Gasteiger partial charge in [-0.05, 0) is 30.3 Å². The maximum atomic E-state index is 12.3. The van der Waals surface area contributed by atoms with Crippen molar-refractivity contribution in [3.8, 4) is 5.75 Å². The summed E-state index contributed by atoms with van der Waals surface area (Å²) in [5.74, 6) is 0.586. The molecule has 0 heterocycles. The van der Waals surface area contributed by atoms with Gasteiger partial charge in [-0.25, -0.2) is 21.6 Å². The summed E-state index contributed by atoms with van der Waals surface area (Å²) in [6.45, 7) is 0.0696. The summed E-state index contributed by atoms with van der Waals surface area (Å²) in [5, 5.41) is 0. The van der Waals surface area contributed by atoms with Gasteiger partial charge in [-0.1, -0.05) is 18.2 Å². The first-order valence-corrected chi connectivity index (χ1v) is 10.0. The summed E-state index contributed by atoms with van der Waals surface area (Å²) >= 11 is 0. The monoisotopic (exact) mass is 355 g/mol. The molecule has 2 aromatic rings. The lowest BCUT2D eigenvalue weighted by atomic mass is 10.2. The molecule has 8 heteroatoms. The maximum absolute atomic E-state index is 12.3. The molecule has 0 aromatic heterocycles. The van der Waals surface area contributed by atoms with Crippen LogP contribution in [0.5, 0.6) is 5.75 Å². The Bertz CT molecular complexity index is 888. The summed E-state index contributed by atoms with van der Waals surface area (Å²) < 4.78 is 55.0. The number of sulfonamides is 1. The minimum atomic E-state index is -3.75. The van der Waals surface area contributed by atoms with Gasteiger partial charge in [0.15, 0.2) is 9.84 Å². The molecule has 0 bridgehead atoms. The van der Waals surface area contributed by atoms with Crippen molar-refractivity contribution in [2.45, 2.75) is 16.3 Å². The van der Waals surface area contributed by atoms with Gasteiger partial charge < -0.3 is 4.74 Å². The van der Waals surface area contributed by atoms with Crippen LogP contribution in [0.3, 0.4) is 0 Å². The van der Waals surface area contributed by atoms with Crippen molar-refractivity contribution >= 4 is 19.9 Å². The lowest BCUT2D eigenvalue weighted by molar-refractivity contribution is 0.409. The molecule has 124 valence electrons. The van der Waals surface area contributed by atoms with Crippen LogP contribution in [0.1, 0.15) is 5.56 Å². The first-order chi connectivity index (χ1) is 10.7.